The molecule has 0 spiro atoms. The van der Waals surface area contributed by atoms with Crippen molar-refractivity contribution in [2.24, 2.45) is 0 Å². The minimum atomic E-state index is 0.0431. The predicted octanol–water partition coefficient (Wildman–Crippen LogP) is 5.37. The van der Waals surface area contributed by atoms with Gasteiger partial charge in [0.1, 0.15) is 0 Å². The van der Waals surface area contributed by atoms with E-state index < -0.39 is 0 Å². The van der Waals surface area contributed by atoms with Crippen molar-refractivity contribution in [3.8, 4) is 0 Å². The first-order valence-corrected chi connectivity index (χ1v) is 8.83. The molecule has 0 bridgehead atoms. The van der Waals surface area contributed by atoms with Gasteiger partial charge < -0.3 is 5.73 Å². The molecule has 0 radical (unpaired) electrons. The SMILES string of the molecule is CCCc1ccc(CCCC/C=C/C(=O)c2ccc(N)cc2)cc1. The number of nitrogen functional groups attached to an aromatic ring is 1. The van der Waals surface area contributed by atoms with Gasteiger partial charge in [-0.25, -0.2) is 0 Å². The van der Waals surface area contributed by atoms with Gasteiger partial charge in [0.2, 0.25) is 0 Å². The molecule has 0 fully saturated rings. The number of benzene rings is 2. The second kappa shape index (κ2) is 9.71. The Kier molecular flexibility index (Phi) is 7.28. The molecule has 2 N–H and O–H groups in total. The summed E-state index contributed by atoms with van der Waals surface area (Å²) < 4.78 is 0. The van der Waals surface area contributed by atoms with Crippen LogP contribution in [0.2, 0.25) is 0 Å². The van der Waals surface area contributed by atoms with Crippen molar-refractivity contribution in [1.29, 1.82) is 0 Å². The average Bonchev–Trinajstić information content (AvgIpc) is 2.60. The lowest BCUT2D eigenvalue weighted by atomic mass is 10.0. The average molecular weight is 321 g/mol. The maximum atomic E-state index is 12.0. The highest BCUT2D eigenvalue weighted by atomic mass is 16.1. The summed E-state index contributed by atoms with van der Waals surface area (Å²) in [6.45, 7) is 2.21. The standard InChI is InChI=1S/C22H27NO/c1-2-7-18-10-12-19(13-11-18)8-5-3-4-6-9-22(24)20-14-16-21(23)17-15-20/h6,9-17H,2-5,7-8,23H2,1H3/b9-6+. The summed E-state index contributed by atoms with van der Waals surface area (Å²) in [5.41, 5.74) is 9.81. The molecule has 2 heteroatoms. The van der Waals surface area contributed by atoms with E-state index in [-0.39, 0.29) is 5.78 Å². The molecule has 0 saturated carbocycles. The Balaban J connectivity index is 1.67. The van der Waals surface area contributed by atoms with Crippen LogP contribution in [0.25, 0.3) is 0 Å². The van der Waals surface area contributed by atoms with Crippen LogP contribution in [-0.4, -0.2) is 5.78 Å². The van der Waals surface area contributed by atoms with Gasteiger partial charge in [0.25, 0.3) is 0 Å². The van der Waals surface area contributed by atoms with Gasteiger partial charge in [-0.05, 0) is 73.6 Å². The zero-order valence-corrected chi connectivity index (χ0v) is 14.5. The smallest absolute Gasteiger partial charge is 0.185 e. The van der Waals surface area contributed by atoms with E-state index in [2.05, 4.69) is 31.2 Å². The molecule has 0 aromatic heterocycles. The highest BCUT2D eigenvalue weighted by Crippen LogP contribution is 2.11. The molecule has 2 rings (SSSR count). The second-order valence-corrected chi connectivity index (χ2v) is 6.20. The first-order chi connectivity index (χ1) is 11.7. The molecule has 0 saturated heterocycles. The van der Waals surface area contributed by atoms with Crippen molar-refractivity contribution in [1.82, 2.24) is 0 Å². The van der Waals surface area contributed by atoms with Gasteiger partial charge in [-0.15, -0.1) is 0 Å². The third-order valence-electron chi connectivity index (χ3n) is 4.11. The zero-order valence-electron chi connectivity index (χ0n) is 14.5. The fourth-order valence-electron chi connectivity index (χ4n) is 2.69. The number of carbonyl (C=O) groups is 1. The molecule has 2 aromatic carbocycles. The van der Waals surface area contributed by atoms with Crippen LogP contribution in [0.3, 0.4) is 0 Å². The van der Waals surface area contributed by atoms with Crippen molar-refractivity contribution in [3.63, 3.8) is 0 Å². The number of hydrogen-bond donors (Lipinski definition) is 1. The molecule has 24 heavy (non-hydrogen) atoms. The van der Waals surface area contributed by atoms with E-state index in [1.807, 2.05) is 6.08 Å². The van der Waals surface area contributed by atoms with Gasteiger partial charge in [0.05, 0.1) is 0 Å². The van der Waals surface area contributed by atoms with E-state index in [1.54, 1.807) is 30.3 Å². The number of ketones is 1. The molecular formula is C22H27NO. The number of carbonyl (C=O) groups excluding carboxylic acids is 1. The maximum Gasteiger partial charge on any atom is 0.185 e. The molecular weight excluding hydrogens is 294 g/mol. The monoisotopic (exact) mass is 321 g/mol. The Morgan fingerprint density at radius 3 is 2.17 bits per heavy atom. The summed E-state index contributed by atoms with van der Waals surface area (Å²) in [4.78, 5) is 12.0. The molecule has 0 aliphatic rings. The van der Waals surface area contributed by atoms with Crippen molar-refractivity contribution >= 4 is 11.5 Å². The van der Waals surface area contributed by atoms with Gasteiger partial charge >= 0.3 is 0 Å². The van der Waals surface area contributed by atoms with Crippen molar-refractivity contribution in [2.45, 2.75) is 45.4 Å². The summed E-state index contributed by atoms with van der Waals surface area (Å²) in [6, 6.07) is 16.0. The summed E-state index contributed by atoms with van der Waals surface area (Å²) in [5, 5.41) is 0. The normalized spacial score (nSPS) is 11.0. The van der Waals surface area contributed by atoms with Gasteiger partial charge in [0.15, 0.2) is 5.78 Å². The molecule has 2 aromatic rings. The van der Waals surface area contributed by atoms with E-state index in [9.17, 15) is 4.79 Å². The number of allylic oxidation sites excluding steroid dienone is 2. The third-order valence-corrected chi connectivity index (χ3v) is 4.11. The van der Waals surface area contributed by atoms with Crippen LogP contribution in [0.1, 0.15) is 54.1 Å². The number of aryl methyl sites for hydroxylation is 2. The number of hydrogen-bond acceptors (Lipinski definition) is 2. The molecule has 2 nitrogen and oxygen atoms in total. The molecule has 0 amide bonds. The van der Waals surface area contributed by atoms with Gasteiger partial charge in [0, 0.05) is 11.3 Å². The van der Waals surface area contributed by atoms with E-state index in [4.69, 9.17) is 5.73 Å². The first-order valence-electron chi connectivity index (χ1n) is 8.83. The number of rotatable bonds is 9. The van der Waals surface area contributed by atoms with Gasteiger partial charge in [-0.3, -0.25) is 4.79 Å². The summed E-state index contributed by atoms with van der Waals surface area (Å²) in [6.07, 6.45) is 10.3. The lowest BCUT2D eigenvalue weighted by Gasteiger charge is -2.03. The van der Waals surface area contributed by atoms with E-state index in [0.717, 1.165) is 32.1 Å². The minimum absolute atomic E-state index is 0.0431. The third kappa shape index (κ3) is 6.04. The van der Waals surface area contributed by atoms with Crippen LogP contribution < -0.4 is 5.73 Å². The van der Waals surface area contributed by atoms with E-state index >= 15 is 0 Å². The highest BCUT2D eigenvalue weighted by Gasteiger charge is 2.00. The summed E-state index contributed by atoms with van der Waals surface area (Å²) >= 11 is 0. The first kappa shape index (κ1) is 18.0. The molecule has 0 aliphatic heterocycles. The fourth-order valence-corrected chi connectivity index (χ4v) is 2.69. The Labute approximate surface area is 145 Å². The molecule has 0 atom stereocenters. The number of unbranched alkanes of at least 4 members (excludes halogenated alkanes) is 2. The summed E-state index contributed by atoms with van der Waals surface area (Å²) in [5.74, 6) is 0.0431. The fraction of sp³-hybridized carbons (Fsp3) is 0.318. The molecule has 126 valence electrons. The molecule has 0 aliphatic carbocycles. The van der Waals surface area contributed by atoms with Crippen LogP contribution >= 0.6 is 0 Å². The van der Waals surface area contributed by atoms with Gasteiger partial charge in [-0.1, -0.05) is 43.7 Å². The van der Waals surface area contributed by atoms with Crippen LogP contribution in [0.5, 0.6) is 0 Å². The zero-order chi connectivity index (χ0) is 17.2. The Bertz CT molecular complexity index is 653. The van der Waals surface area contributed by atoms with Crippen molar-refractivity contribution < 1.29 is 4.79 Å². The van der Waals surface area contributed by atoms with Crippen LogP contribution in [0.15, 0.2) is 60.7 Å². The molecule has 0 heterocycles. The van der Waals surface area contributed by atoms with Gasteiger partial charge in [-0.2, -0.15) is 0 Å². The van der Waals surface area contributed by atoms with Crippen molar-refractivity contribution in [2.75, 3.05) is 5.73 Å². The van der Waals surface area contributed by atoms with E-state index in [1.165, 1.54) is 17.5 Å². The second-order valence-electron chi connectivity index (χ2n) is 6.20. The Morgan fingerprint density at radius 2 is 1.54 bits per heavy atom. The van der Waals surface area contributed by atoms with Crippen LogP contribution in [0, 0.1) is 0 Å². The Morgan fingerprint density at radius 1 is 0.917 bits per heavy atom. The predicted molar refractivity (Wildman–Crippen MR) is 102 cm³/mol. The Hall–Kier alpha value is -2.35. The number of nitrogens with two attached hydrogens (primary N) is 1. The highest BCUT2D eigenvalue weighted by molar-refractivity contribution is 6.04. The minimum Gasteiger partial charge on any atom is -0.399 e. The lowest BCUT2D eigenvalue weighted by molar-refractivity contribution is 0.104. The lowest BCUT2D eigenvalue weighted by Crippen LogP contribution is -1.94. The van der Waals surface area contributed by atoms with E-state index in [0.29, 0.717) is 11.3 Å². The number of anilines is 1. The largest absolute Gasteiger partial charge is 0.399 e. The quantitative estimate of drug-likeness (QED) is 0.292. The molecule has 0 unspecified atom stereocenters. The van der Waals surface area contributed by atoms with Crippen LogP contribution in [0.4, 0.5) is 5.69 Å². The topological polar surface area (TPSA) is 43.1 Å². The summed E-state index contributed by atoms with van der Waals surface area (Å²) in [7, 11) is 0. The maximum absolute atomic E-state index is 12.0. The van der Waals surface area contributed by atoms with Crippen LogP contribution in [-0.2, 0) is 12.8 Å². The van der Waals surface area contributed by atoms with Crippen molar-refractivity contribution in [3.05, 3.63) is 77.4 Å².